The highest BCUT2D eigenvalue weighted by Crippen LogP contribution is 2.45. The zero-order chi connectivity index (χ0) is 13.8. The molecule has 0 atom stereocenters. The topological polar surface area (TPSA) is 55.6 Å². The van der Waals surface area contributed by atoms with E-state index >= 15 is 0 Å². The van der Waals surface area contributed by atoms with Gasteiger partial charge in [0.2, 0.25) is 0 Å². The van der Waals surface area contributed by atoms with Crippen LogP contribution in [-0.4, -0.2) is 26.0 Å². The maximum absolute atomic E-state index is 11.6. The van der Waals surface area contributed by atoms with Crippen LogP contribution in [0.1, 0.15) is 48.7 Å². The Kier molecular flexibility index (Phi) is 4.69. The zero-order valence-electron chi connectivity index (χ0n) is 11.7. The summed E-state index contributed by atoms with van der Waals surface area (Å²) in [4.78, 5) is 14.6. The average molecular weight is 282 g/mol. The first-order chi connectivity index (χ1) is 9.15. The normalized spacial score (nSPS) is 16.8. The van der Waals surface area contributed by atoms with Crippen LogP contribution in [-0.2, 0) is 0 Å². The molecule has 0 spiro atoms. The number of nitrogens with zero attached hydrogens (tertiary/aromatic N) is 1. The average Bonchev–Trinajstić information content (AvgIpc) is 2.66. The van der Waals surface area contributed by atoms with Crippen molar-refractivity contribution in [2.75, 3.05) is 30.8 Å². The molecule has 0 unspecified atom stereocenters. The Morgan fingerprint density at radius 1 is 1.21 bits per heavy atom. The molecular weight excluding hydrogens is 260 g/mol. The van der Waals surface area contributed by atoms with Crippen LogP contribution < -0.4 is 15.4 Å². The number of hydrogen-bond donors (Lipinski definition) is 1. The van der Waals surface area contributed by atoms with Gasteiger partial charge in [0.15, 0.2) is 11.5 Å². The molecular formula is C14H22N2O2S. The molecule has 1 saturated heterocycles. The number of nitrogens with two attached hydrogens (primary N) is 1. The number of thiophene rings is 1. The van der Waals surface area contributed by atoms with E-state index in [1.807, 2.05) is 0 Å². The van der Waals surface area contributed by atoms with Crippen molar-refractivity contribution in [2.45, 2.75) is 39.0 Å². The lowest BCUT2D eigenvalue weighted by molar-refractivity contribution is 0.102. The number of carbonyl (C=O) groups excluding carboxylic acids is 1. The monoisotopic (exact) mass is 282 g/mol. The van der Waals surface area contributed by atoms with Crippen LogP contribution in [0.15, 0.2) is 0 Å². The van der Waals surface area contributed by atoms with Gasteiger partial charge in [-0.05, 0) is 12.8 Å². The molecule has 4 nitrogen and oxygen atoms in total. The quantitative estimate of drug-likeness (QED) is 0.864. The molecule has 2 heterocycles. The highest BCUT2D eigenvalue weighted by atomic mass is 32.1. The van der Waals surface area contributed by atoms with E-state index in [1.165, 1.54) is 43.4 Å². The molecule has 0 amide bonds. The Morgan fingerprint density at radius 3 is 2.32 bits per heavy atom. The number of nitrogen functional groups attached to an aromatic ring is 1. The van der Waals surface area contributed by atoms with Crippen molar-refractivity contribution in [3.63, 3.8) is 0 Å². The number of carbonyl (C=O) groups is 1. The predicted octanol–water partition coefficient (Wildman–Crippen LogP) is 3.31. The lowest BCUT2D eigenvalue weighted by atomic mass is 10.1. The second kappa shape index (κ2) is 6.28. The van der Waals surface area contributed by atoms with Crippen LogP contribution in [0.4, 0.5) is 10.7 Å². The van der Waals surface area contributed by atoms with Crippen molar-refractivity contribution in [1.82, 2.24) is 0 Å². The van der Waals surface area contributed by atoms with E-state index in [0.29, 0.717) is 16.3 Å². The molecule has 0 aliphatic carbocycles. The molecule has 2 rings (SSSR count). The Bertz CT molecular complexity index is 449. The lowest BCUT2D eigenvalue weighted by Gasteiger charge is -2.26. The predicted molar refractivity (Wildman–Crippen MR) is 80.6 cm³/mol. The van der Waals surface area contributed by atoms with Crippen LogP contribution in [0.2, 0.25) is 0 Å². The molecule has 5 heteroatoms. The van der Waals surface area contributed by atoms with E-state index in [4.69, 9.17) is 10.5 Å². The highest BCUT2D eigenvalue weighted by Gasteiger charge is 2.23. The second-order valence-electron chi connectivity index (χ2n) is 4.99. The van der Waals surface area contributed by atoms with Gasteiger partial charge in [0.25, 0.3) is 0 Å². The van der Waals surface area contributed by atoms with E-state index in [0.717, 1.165) is 18.1 Å². The molecule has 0 bridgehead atoms. The van der Waals surface area contributed by atoms with Crippen LogP contribution in [0.5, 0.6) is 5.75 Å². The molecule has 106 valence electrons. The summed E-state index contributed by atoms with van der Waals surface area (Å²) in [5.41, 5.74) is 6.53. The van der Waals surface area contributed by atoms with Crippen molar-refractivity contribution in [2.24, 2.45) is 0 Å². The SMILES string of the molecule is COc1c(N2CCCCCCC2)sc(C(C)=O)c1N. The van der Waals surface area contributed by atoms with Gasteiger partial charge in [-0.25, -0.2) is 0 Å². The molecule has 19 heavy (non-hydrogen) atoms. The van der Waals surface area contributed by atoms with Crippen molar-refractivity contribution < 1.29 is 9.53 Å². The first kappa shape index (κ1) is 14.2. The summed E-state index contributed by atoms with van der Waals surface area (Å²) in [5.74, 6) is 0.690. The van der Waals surface area contributed by atoms with Gasteiger partial charge in [-0.3, -0.25) is 4.79 Å². The van der Waals surface area contributed by atoms with Crippen LogP contribution in [0, 0.1) is 0 Å². The van der Waals surface area contributed by atoms with Gasteiger partial charge in [0, 0.05) is 20.0 Å². The summed E-state index contributed by atoms with van der Waals surface area (Å²) < 4.78 is 5.42. The summed E-state index contributed by atoms with van der Waals surface area (Å²) in [6.45, 7) is 3.60. The summed E-state index contributed by atoms with van der Waals surface area (Å²) in [5, 5.41) is 1.02. The fourth-order valence-corrected chi connectivity index (χ4v) is 3.67. The Balaban J connectivity index is 2.31. The number of Topliss-reactive ketones (excluding diaryl/α,β-unsaturated/α-hetero) is 1. The van der Waals surface area contributed by atoms with E-state index in [-0.39, 0.29) is 5.78 Å². The van der Waals surface area contributed by atoms with Crippen molar-refractivity contribution >= 4 is 27.8 Å². The van der Waals surface area contributed by atoms with E-state index in [2.05, 4.69) is 4.90 Å². The third-order valence-electron chi connectivity index (χ3n) is 3.55. The number of anilines is 2. The van der Waals surface area contributed by atoms with Gasteiger partial charge in [0.1, 0.15) is 5.00 Å². The largest absolute Gasteiger partial charge is 0.492 e. The van der Waals surface area contributed by atoms with Gasteiger partial charge in [-0.1, -0.05) is 19.3 Å². The highest BCUT2D eigenvalue weighted by molar-refractivity contribution is 7.19. The van der Waals surface area contributed by atoms with E-state index < -0.39 is 0 Å². The van der Waals surface area contributed by atoms with Gasteiger partial charge in [0.05, 0.1) is 17.7 Å². The summed E-state index contributed by atoms with van der Waals surface area (Å²) in [6.07, 6.45) is 6.27. The van der Waals surface area contributed by atoms with E-state index in [9.17, 15) is 4.79 Å². The first-order valence-electron chi connectivity index (χ1n) is 6.87. The lowest BCUT2D eigenvalue weighted by Crippen LogP contribution is -2.26. The molecule has 1 aromatic rings. The molecule has 1 aliphatic heterocycles. The van der Waals surface area contributed by atoms with Crippen LogP contribution in [0.3, 0.4) is 0 Å². The van der Waals surface area contributed by atoms with Crippen LogP contribution in [0.25, 0.3) is 0 Å². The van der Waals surface area contributed by atoms with Crippen LogP contribution >= 0.6 is 11.3 Å². The van der Waals surface area contributed by atoms with E-state index in [1.54, 1.807) is 14.0 Å². The molecule has 1 aliphatic rings. The standard InChI is InChI=1S/C14H22N2O2S/c1-10(17)13-11(15)12(18-2)14(19-13)16-8-6-4-3-5-7-9-16/h3-9,15H2,1-2H3. The number of ketones is 1. The Labute approximate surface area is 118 Å². The van der Waals surface area contributed by atoms with Gasteiger partial charge < -0.3 is 15.4 Å². The number of ether oxygens (including phenoxy) is 1. The molecule has 1 fully saturated rings. The minimum atomic E-state index is 0.0131. The third kappa shape index (κ3) is 3.03. The fourth-order valence-electron chi connectivity index (χ4n) is 2.53. The minimum absolute atomic E-state index is 0.0131. The maximum atomic E-state index is 11.6. The van der Waals surface area contributed by atoms with Crippen molar-refractivity contribution in [3.8, 4) is 5.75 Å². The van der Waals surface area contributed by atoms with Gasteiger partial charge in [-0.2, -0.15) is 0 Å². The zero-order valence-corrected chi connectivity index (χ0v) is 12.5. The Hall–Kier alpha value is -1.23. The maximum Gasteiger partial charge on any atom is 0.177 e. The fraction of sp³-hybridized carbons (Fsp3) is 0.643. The first-order valence-corrected chi connectivity index (χ1v) is 7.69. The van der Waals surface area contributed by atoms with Gasteiger partial charge >= 0.3 is 0 Å². The smallest absolute Gasteiger partial charge is 0.177 e. The van der Waals surface area contributed by atoms with Gasteiger partial charge in [-0.15, -0.1) is 11.3 Å². The summed E-state index contributed by atoms with van der Waals surface area (Å²) >= 11 is 1.47. The minimum Gasteiger partial charge on any atom is -0.492 e. The number of rotatable bonds is 3. The second-order valence-corrected chi connectivity index (χ2v) is 5.99. The summed E-state index contributed by atoms with van der Waals surface area (Å²) in [6, 6.07) is 0. The third-order valence-corrected chi connectivity index (χ3v) is 4.90. The Morgan fingerprint density at radius 2 is 1.79 bits per heavy atom. The number of methoxy groups -OCH3 is 1. The van der Waals surface area contributed by atoms with Crippen molar-refractivity contribution in [3.05, 3.63) is 4.88 Å². The molecule has 0 saturated carbocycles. The van der Waals surface area contributed by atoms with Crippen molar-refractivity contribution in [1.29, 1.82) is 0 Å². The molecule has 1 aromatic heterocycles. The molecule has 0 radical (unpaired) electrons. The molecule has 0 aromatic carbocycles. The summed E-state index contributed by atoms with van der Waals surface area (Å²) in [7, 11) is 1.62. The molecule has 2 N–H and O–H groups in total. The number of hydrogen-bond acceptors (Lipinski definition) is 5.